The van der Waals surface area contributed by atoms with Crippen molar-refractivity contribution in [3.05, 3.63) is 29.8 Å². The Bertz CT molecular complexity index is 438. The minimum absolute atomic E-state index is 0.00338. The number of rotatable bonds is 6. The summed E-state index contributed by atoms with van der Waals surface area (Å²) < 4.78 is 4.96. The van der Waals surface area contributed by atoms with Gasteiger partial charge in [-0.3, -0.25) is 4.79 Å². The molecule has 20 heavy (non-hydrogen) atoms. The van der Waals surface area contributed by atoms with E-state index in [-0.39, 0.29) is 17.4 Å². The van der Waals surface area contributed by atoms with Crippen molar-refractivity contribution in [1.82, 2.24) is 5.32 Å². The summed E-state index contributed by atoms with van der Waals surface area (Å²) >= 11 is 0. The van der Waals surface area contributed by atoms with E-state index < -0.39 is 0 Å². The first-order valence-electron chi connectivity index (χ1n) is 6.99. The summed E-state index contributed by atoms with van der Waals surface area (Å²) in [5.74, 6) is -0.0298. The van der Waals surface area contributed by atoms with Crippen LogP contribution in [0.15, 0.2) is 24.3 Å². The van der Waals surface area contributed by atoms with Gasteiger partial charge < -0.3 is 15.4 Å². The summed E-state index contributed by atoms with van der Waals surface area (Å²) in [7, 11) is 1.64. The lowest BCUT2D eigenvalue weighted by Crippen LogP contribution is -2.39. The molecule has 0 fully saturated rings. The highest BCUT2D eigenvalue weighted by atomic mass is 16.5. The van der Waals surface area contributed by atoms with Crippen LogP contribution in [0.4, 0.5) is 5.69 Å². The van der Waals surface area contributed by atoms with E-state index in [1.165, 1.54) is 0 Å². The number of benzene rings is 1. The van der Waals surface area contributed by atoms with Crippen LogP contribution in [0.25, 0.3) is 0 Å². The lowest BCUT2D eigenvalue weighted by molar-refractivity contribution is -0.117. The third-order valence-electron chi connectivity index (χ3n) is 3.14. The molecule has 0 spiro atoms. The van der Waals surface area contributed by atoms with Crippen molar-refractivity contribution >= 4 is 11.6 Å². The van der Waals surface area contributed by atoms with Crippen molar-refractivity contribution in [1.29, 1.82) is 0 Å². The number of carbonyl (C=O) groups is 1. The Hall–Kier alpha value is -1.39. The number of anilines is 1. The number of carbonyl (C=O) groups excluding carboxylic acids is 1. The maximum atomic E-state index is 12.2. The molecule has 0 aromatic heterocycles. The van der Waals surface area contributed by atoms with Gasteiger partial charge in [-0.2, -0.15) is 0 Å². The number of hydrogen-bond donors (Lipinski definition) is 2. The van der Waals surface area contributed by atoms with Gasteiger partial charge in [0.05, 0.1) is 12.6 Å². The fourth-order valence-corrected chi connectivity index (χ4v) is 1.96. The molecule has 1 rings (SSSR count). The Morgan fingerprint density at radius 3 is 2.55 bits per heavy atom. The van der Waals surface area contributed by atoms with Crippen LogP contribution in [0.5, 0.6) is 0 Å². The van der Waals surface area contributed by atoms with Gasteiger partial charge in [0.25, 0.3) is 0 Å². The van der Waals surface area contributed by atoms with Crippen molar-refractivity contribution in [3.63, 3.8) is 0 Å². The van der Waals surface area contributed by atoms with E-state index in [9.17, 15) is 4.79 Å². The van der Waals surface area contributed by atoms with E-state index in [2.05, 4.69) is 37.5 Å². The summed E-state index contributed by atoms with van der Waals surface area (Å²) in [4.78, 5) is 12.2. The molecule has 0 radical (unpaired) electrons. The Balaban J connectivity index is 2.71. The summed E-state index contributed by atoms with van der Waals surface area (Å²) in [5, 5.41) is 6.13. The first kappa shape index (κ1) is 16.7. The van der Waals surface area contributed by atoms with Crippen molar-refractivity contribution in [2.75, 3.05) is 25.6 Å². The molecule has 0 heterocycles. The highest BCUT2D eigenvalue weighted by Crippen LogP contribution is 2.29. The van der Waals surface area contributed by atoms with Crippen LogP contribution < -0.4 is 10.6 Å². The lowest BCUT2D eigenvalue weighted by Gasteiger charge is -2.24. The van der Waals surface area contributed by atoms with Gasteiger partial charge in [0.15, 0.2) is 0 Å². The van der Waals surface area contributed by atoms with Gasteiger partial charge in [-0.05, 0) is 24.0 Å². The highest BCUT2D eigenvalue weighted by molar-refractivity contribution is 5.95. The predicted molar refractivity (Wildman–Crippen MR) is 83.1 cm³/mol. The molecule has 1 aromatic rings. The van der Waals surface area contributed by atoms with E-state index in [0.29, 0.717) is 13.2 Å². The van der Waals surface area contributed by atoms with E-state index >= 15 is 0 Å². The highest BCUT2D eigenvalue weighted by Gasteiger charge is 2.20. The van der Waals surface area contributed by atoms with Gasteiger partial charge in [-0.15, -0.1) is 0 Å². The zero-order valence-electron chi connectivity index (χ0n) is 13.1. The third kappa shape index (κ3) is 4.94. The second-order valence-corrected chi connectivity index (χ2v) is 5.95. The van der Waals surface area contributed by atoms with Crippen LogP contribution in [0.3, 0.4) is 0 Å². The maximum Gasteiger partial charge on any atom is 0.241 e. The van der Waals surface area contributed by atoms with E-state index in [4.69, 9.17) is 4.74 Å². The second kappa shape index (κ2) is 7.41. The minimum Gasteiger partial charge on any atom is -0.383 e. The minimum atomic E-state index is -0.252. The molecule has 0 saturated carbocycles. The lowest BCUT2D eigenvalue weighted by atomic mass is 9.86. The van der Waals surface area contributed by atoms with Gasteiger partial charge in [0.2, 0.25) is 5.91 Å². The van der Waals surface area contributed by atoms with E-state index in [1.807, 2.05) is 25.1 Å². The number of ether oxygens (including phenoxy) is 1. The molecule has 1 atom stereocenters. The van der Waals surface area contributed by atoms with Crippen LogP contribution >= 0.6 is 0 Å². The molecule has 1 unspecified atom stereocenters. The quantitative estimate of drug-likeness (QED) is 0.786. The van der Waals surface area contributed by atoms with Crippen LogP contribution in [0.1, 0.15) is 33.3 Å². The van der Waals surface area contributed by atoms with Gasteiger partial charge in [-0.25, -0.2) is 0 Å². The van der Waals surface area contributed by atoms with Gasteiger partial charge >= 0.3 is 0 Å². The molecule has 2 N–H and O–H groups in total. The van der Waals surface area contributed by atoms with Crippen molar-refractivity contribution < 1.29 is 9.53 Å². The average Bonchev–Trinajstić information content (AvgIpc) is 2.38. The van der Waals surface area contributed by atoms with Gasteiger partial charge in [-0.1, -0.05) is 39.0 Å². The fourth-order valence-electron chi connectivity index (χ4n) is 1.96. The van der Waals surface area contributed by atoms with Crippen LogP contribution in [-0.4, -0.2) is 32.2 Å². The molecular weight excluding hydrogens is 252 g/mol. The molecule has 0 aliphatic rings. The molecule has 0 aliphatic carbocycles. The van der Waals surface area contributed by atoms with Crippen LogP contribution in [0.2, 0.25) is 0 Å². The summed E-state index contributed by atoms with van der Waals surface area (Å²) in [6.45, 7) is 9.52. The van der Waals surface area contributed by atoms with Crippen molar-refractivity contribution in [3.8, 4) is 0 Å². The van der Waals surface area contributed by atoms with Crippen LogP contribution in [-0.2, 0) is 14.9 Å². The molecule has 1 amide bonds. The largest absolute Gasteiger partial charge is 0.383 e. The summed E-state index contributed by atoms with van der Waals surface area (Å²) in [6, 6.07) is 7.68. The normalized spacial score (nSPS) is 13.1. The number of nitrogens with one attached hydrogen (secondary N) is 2. The molecule has 112 valence electrons. The monoisotopic (exact) mass is 278 g/mol. The summed E-state index contributed by atoms with van der Waals surface area (Å²) in [6.07, 6.45) is 0. The predicted octanol–water partition coefficient (Wildman–Crippen LogP) is 2.55. The Labute approximate surface area is 121 Å². The number of hydrogen-bond acceptors (Lipinski definition) is 3. The zero-order valence-corrected chi connectivity index (χ0v) is 13.1. The number of para-hydroxylation sites is 1. The van der Waals surface area contributed by atoms with Crippen molar-refractivity contribution in [2.45, 2.75) is 39.2 Å². The first-order valence-corrected chi connectivity index (χ1v) is 6.99. The zero-order chi connectivity index (χ0) is 15.2. The molecule has 0 saturated heterocycles. The Morgan fingerprint density at radius 2 is 1.95 bits per heavy atom. The second-order valence-electron chi connectivity index (χ2n) is 5.95. The fraction of sp³-hybridized carbons (Fsp3) is 0.562. The SMILES string of the molecule is COCCNC(C)C(=O)Nc1ccccc1C(C)(C)C. The number of methoxy groups -OCH3 is 1. The smallest absolute Gasteiger partial charge is 0.241 e. The molecular formula is C16H26N2O2. The van der Waals surface area contributed by atoms with E-state index in [1.54, 1.807) is 7.11 Å². The first-order chi connectivity index (χ1) is 9.36. The summed E-state index contributed by atoms with van der Waals surface area (Å²) in [5.41, 5.74) is 2.01. The van der Waals surface area contributed by atoms with Crippen molar-refractivity contribution in [2.24, 2.45) is 0 Å². The standard InChI is InChI=1S/C16H26N2O2/c1-12(17-10-11-20-5)15(19)18-14-9-7-6-8-13(14)16(2,3)4/h6-9,12,17H,10-11H2,1-5H3,(H,18,19). The number of amides is 1. The molecule has 1 aromatic carbocycles. The maximum absolute atomic E-state index is 12.2. The molecule has 4 nitrogen and oxygen atoms in total. The molecule has 4 heteroatoms. The van der Waals surface area contributed by atoms with Gasteiger partial charge in [0, 0.05) is 19.3 Å². The molecule has 0 aliphatic heterocycles. The Morgan fingerprint density at radius 1 is 1.30 bits per heavy atom. The molecule has 0 bridgehead atoms. The van der Waals surface area contributed by atoms with Crippen LogP contribution in [0, 0.1) is 0 Å². The topological polar surface area (TPSA) is 50.4 Å². The average molecular weight is 278 g/mol. The Kier molecular flexibility index (Phi) is 6.17. The van der Waals surface area contributed by atoms with Gasteiger partial charge in [0.1, 0.15) is 0 Å². The van der Waals surface area contributed by atoms with E-state index in [0.717, 1.165) is 11.3 Å². The third-order valence-corrected chi connectivity index (χ3v) is 3.14.